The molecule has 1 fully saturated rings. The van der Waals surface area contributed by atoms with E-state index in [2.05, 4.69) is 5.32 Å². The van der Waals surface area contributed by atoms with Crippen LogP contribution in [0.15, 0.2) is 36.4 Å². The average molecular weight is 537 g/mol. The lowest BCUT2D eigenvalue weighted by atomic mass is 9.95. The maximum absolute atomic E-state index is 13.5. The molecule has 1 N–H and O–H groups in total. The van der Waals surface area contributed by atoms with Crippen molar-refractivity contribution in [3.05, 3.63) is 52.0 Å². The summed E-state index contributed by atoms with van der Waals surface area (Å²) in [5, 5.41) is 4.02. The van der Waals surface area contributed by atoms with Crippen molar-refractivity contribution in [1.29, 1.82) is 0 Å². The Balaban J connectivity index is 1.83. The van der Waals surface area contributed by atoms with Crippen molar-refractivity contribution < 1.29 is 23.8 Å². The minimum absolute atomic E-state index is 0.0821. The van der Waals surface area contributed by atoms with E-state index in [9.17, 15) is 9.59 Å². The highest BCUT2D eigenvalue weighted by molar-refractivity contribution is 6.36. The van der Waals surface area contributed by atoms with Crippen molar-refractivity contribution in [2.24, 2.45) is 0 Å². The van der Waals surface area contributed by atoms with Crippen molar-refractivity contribution in [2.45, 2.75) is 64.1 Å². The molecule has 0 heterocycles. The van der Waals surface area contributed by atoms with Gasteiger partial charge in [-0.25, -0.2) is 0 Å². The standard InChI is InChI=1S/C27H34Cl2N2O5/c1-4-25(27(33)30-18-9-6-5-7-10-18)31(16-22-23(28)11-8-12-24(22)29)26(32)17-36-21-14-19(34-2)13-20(15-21)35-3/h8,11-15,18,25H,4-7,9-10,16-17H2,1-3H3,(H,30,33)/t25-/m1/s1. The predicted octanol–water partition coefficient (Wildman–Crippen LogP) is 5.65. The summed E-state index contributed by atoms with van der Waals surface area (Å²) < 4.78 is 16.4. The zero-order chi connectivity index (χ0) is 26.1. The Bertz CT molecular complexity index is 1000. The second kappa shape index (κ2) is 13.6. The van der Waals surface area contributed by atoms with E-state index in [4.69, 9.17) is 37.4 Å². The number of methoxy groups -OCH3 is 2. The molecule has 0 spiro atoms. The van der Waals surface area contributed by atoms with Crippen LogP contribution in [-0.4, -0.2) is 49.6 Å². The van der Waals surface area contributed by atoms with Crippen molar-refractivity contribution in [3.8, 4) is 17.2 Å². The lowest BCUT2D eigenvalue weighted by molar-refractivity contribution is -0.143. The lowest BCUT2D eigenvalue weighted by Gasteiger charge is -2.33. The number of benzene rings is 2. The number of halogens is 2. The van der Waals surface area contributed by atoms with Gasteiger partial charge in [-0.1, -0.05) is 55.5 Å². The predicted molar refractivity (Wildman–Crippen MR) is 141 cm³/mol. The van der Waals surface area contributed by atoms with E-state index >= 15 is 0 Å². The van der Waals surface area contributed by atoms with Gasteiger partial charge in [0.25, 0.3) is 5.91 Å². The molecular formula is C27H34Cl2N2O5. The molecule has 1 atom stereocenters. The molecule has 0 radical (unpaired) electrons. The molecule has 196 valence electrons. The number of hydrogen-bond donors (Lipinski definition) is 1. The molecule has 3 rings (SSSR count). The molecule has 2 amide bonds. The Morgan fingerprint density at radius 3 is 2.14 bits per heavy atom. The fourth-order valence-corrected chi connectivity index (χ4v) is 4.93. The van der Waals surface area contributed by atoms with E-state index in [1.165, 1.54) is 25.5 Å². The zero-order valence-electron chi connectivity index (χ0n) is 21.0. The number of carbonyl (C=O) groups is 2. The van der Waals surface area contributed by atoms with Crippen LogP contribution in [0.1, 0.15) is 51.0 Å². The van der Waals surface area contributed by atoms with Gasteiger partial charge in [-0.2, -0.15) is 0 Å². The van der Waals surface area contributed by atoms with Gasteiger partial charge in [0.1, 0.15) is 23.3 Å². The Morgan fingerprint density at radius 1 is 1.00 bits per heavy atom. The highest BCUT2D eigenvalue weighted by Gasteiger charge is 2.31. The summed E-state index contributed by atoms with van der Waals surface area (Å²) in [6.07, 6.45) is 5.71. The second-order valence-electron chi connectivity index (χ2n) is 8.83. The SMILES string of the molecule is CC[C@H](C(=O)NC1CCCCC1)N(Cc1c(Cl)cccc1Cl)C(=O)COc1cc(OC)cc(OC)c1. The largest absolute Gasteiger partial charge is 0.496 e. The Kier molecular flexibility index (Phi) is 10.6. The van der Waals surface area contributed by atoms with Crippen LogP contribution in [0.3, 0.4) is 0 Å². The maximum atomic E-state index is 13.5. The number of nitrogens with one attached hydrogen (secondary N) is 1. The maximum Gasteiger partial charge on any atom is 0.261 e. The molecule has 36 heavy (non-hydrogen) atoms. The first-order valence-electron chi connectivity index (χ1n) is 12.2. The van der Waals surface area contributed by atoms with E-state index in [1.54, 1.807) is 36.4 Å². The topological polar surface area (TPSA) is 77.1 Å². The van der Waals surface area contributed by atoms with Gasteiger partial charge < -0.3 is 24.4 Å². The number of carbonyl (C=O) groups excluding carboxylic acids is 2. The second-order valence-corrected chi connectivity index (χ2v) is 9.64. The first-order valence-corrected chi connectivity index (χ1v) is 13.0. The summed E-state index contributed by atoms with van der Waals surface area (Å²) in [5.41, 5.74) is 0.584. The van der Waals surface area contributed by atoms with Crippen molar-refractivity contribution in [3.63, 3.8) is 0 Å². The summed E-state index contributed by atoms with van der Waals surface area (Å²) in [7, 11) is 3.07. The molecule has 2 aromatic rings. The summed E-state index contributed by atoms with van der Waals surface area (Å²) in [5.74, 6) is 0.946. The molecule has 1 aliphatic carbocycles. The number of ether oxygens (including phenoxy) is 3. The van der Waals surface area contributed by atoms with E-state index in [1.807, 2.05) is 6.92 Å². The van der Waals surface area contributed by atoms with Crippen LogP contribution in [0, 0.1) is 0 Å². The molecule has 0 bridgehead atoms. The normalized spacial score (nSPS) is 14.6. The van der Waals surface area contributed by atoms with E-state index < -0.39 is 6.04 Å². The van der Waals surface area contributed by atoms with Crippen LogP contribution in [0.25, 0.3) is 0 Å². The van der Waals surface area contributed by atoms with E-state index in [0.717, 1.165) is 25.7 Å². The molecule has 1 saturated carbocycles. The molecule has 2 aromatic carbocycles. The van der Waals surface area contributed by atoms with Gasteiger partial charge in [0.15, 0.2) is 6.61 Å². The van der Waals surface area contributed by atoms with Gasteiger partial charge >= 0.3 is 0 Å². The Labute approximate surface area is 223 Å². The van der Waals surface area contributed by atoms with Crippen LogP contribution in [0.2, 0.25) is 10.0 Å². The zero-order valence-corrected chi connectivity index (χ0v) is 22.5. The fourth-order valence-electron chi connectivity index (χ4n) is 4.41. The molecule has 9 heteroatoms. The van der Waals surface area contributed by atoms with Crippen molar-refractivity contribution >= 4 is 35.0 Å². The number of rotatable bonds is 11. The van der Waals surface area contributed by atoms with E-state index in [-0.39, 0.29) is 31.0 Å². The molecular weight excluding hydrogens is 503 g/mol. The number of nitrogens with zero attached hydrogens (tertiary/aromatic N) is 1. The van der Waals surface area contributed by atoms with Gasteiger partial charge in [-0.3, -0.25) is 9.59 Å². The number of amides is 2. The third-order valence-electron chi connectivity index (χ3n) is 6.41. The third kappa shape index (κ3) is 7.43. The van der Waals surface area contributed by atoms with Gasteiger partial charge in [0.2, 0.25) is 5.91 Å². The molecule has 0 saturated heterocycles. The van der Waals surface area contributed by atoms with Crippen molar-refractivity contribution in [2.75, 3.05) is 20.8 Å². The lowest BCUT2D eigenvalue weighted by Crippen LogP contribution is -2.52. The Morgan fingerprint density at radius 2 is 1.58 bits per heavy atom. The summed E-state index contributed by atoms with van der Waals surface area (Å²) in [4.78, 5) is 28.4. The fraction of sp³-hybridized carbons (Fsp3) is 0.481. The first-order chi connectivity index (χ1) is 17.4. The summed E-state index contributed by atoms with van der Waals surface area (Å²) >= 11 is 12.8. The monoisotopic (exact) mass is 536 g/mol. The summed E-state index contributed by atoms with van der Waals surface area (Å²) in [6.45, 7) is 1.68. The highest BCUT2D eigenvalue weighted by atomic mass is 35.5. The summed E-state index contributed by atoms with van der Waals surface area (Å²) in [6, 6.07) is 9.64. The quantitative estimate of drug-likeness (QED) is 0.401. The van der Waals surface area contributed by atoms with Crippen LogP contribution < -0.4 is 19.5 Å². The number of hydrogen-bond acceptors (Lipinski definition) is 5. The van der Waals surface area contributed by atoms with Crippen molar-refractivity contribution in [1.82, 2.24) is 10.2 Å². The van der Waals surface area contributed by atoms with Gasteiger partial charge in [0.05, 0.1) is 14.2 Å². The smallest absolute Gasteiger partial charge is 0.261 e. The van der Waals surface area contributed by atoms with E-state index in [0.29, 0.717) is 39.3 Å². The molecule has 0 aliphatic heterocycles. The van der Waals surface area contributed by atoms with Gasteiger partial charge in [-0.15, -0.1) is 0 Å². The molecule has 0 aromatic heterocycles. The van der Waals surface area contributed by atoms with Gasteiger partial charge in [-0.05, 0) is 31.4 Å². The molecule has 0 unspecified atom stereocenters. The molecule has 7 nitrogen and oxygen atoms in total. The minimum atomic E-state index is -0.699. The van der Waals surface area contributed by atoms with Crippen LogP contribution >= 0.6 is 23.2 Å². The molecule has 1 aliphatic rings. The first kappa shape index (κ1) is 27.9. The van der Waals surface area contributed by atoms with Crippen LogP contribution in [0.5, 0.6) is 17.2 Å². The third-order valence-corrected chi connectivity index (χ3v) is 7.12. The minimum Gasteiger partial charge on any atom is -0.496 e. The van der Waals surface area contributed by atoms with Gasteiger partial charge in [0, 0.05) is 46.4 Å². The average Bonchev–Trinajstić information content (AvgIpc) is 2.89. The highest BCUT2D eigenvalue weighted by Crippen LogP contribution is 2.29. The Hall–Kier alpha value is -2.64. The van der Waals surface area contributed by atoms with Crippen LogP contribution in [-0.2, 0) is 16.1 Å². The van der Waals surface area contributed by atoms with Crippen LogP contribution in [0.4, 0.5) is 0 Å².